The van der Waals surface area contributed by atoms with E-state index in [9.17, 15) is 4.79 Å². The van der Waals surface area contributed by atoms with Gasteiger partial charge in [0.2, 0.25) is 5.91 Å². The van der Waals surface area contributed by atoms with Crippen LogP contribution in [0.25, 0.3) is 0 Å². The molecule has 1 aliphatic heterocycles. The number of nitrogens with zero attached hydrogens (tertiary/aromatic N) is 5. The molecule has 2 N–H and O–H groups in total. The Balaban J connectivity index is 0.00000341. The average Bonchev–Trinajstić information content (AvgIpc) is 3.22. The minimum absolute atomic E-state index is 0. The average molecular weight is 541 g/mol. The first kappa shape index (κ1) is 25.1. The lowest BCUT2D eigenvalue weighted by Gasteiger charge is -2.36. The van der Waals surface area contributed by atoms with Crippen molar-refractivity contribution in [1.29, 1.82) is 0 Å². The number of aromatic nitrogens is 1. The lowest BCUT2D eigenvalue weighted by Crippen LogP contribution is -2.52. The number of nitrogens with one attached hydrogen (secondary N) is 2. The molecule has 1 fully saturated rings. The number of likely N-dealkylation sites (N-methyl/N-ethyl adjacent to an activating group) is 1. The van der Waals surface area contributed by atoms with E-state index in [1.54, 1.807) is 6.26 Å². The van der Waals surface area contributed by atoms with Crippen molar-refractivity contribution in [2.45, 2.75) is 13.1 Å². The van der Waals surface area contributed by atoms with Crippen molar-refractivity contribution in [1.82, 2.24) is 25.2 Å². The molecule has 0 saturated carbocycles. The summed E-state index contributed by atoms with van der Waals surface area (Å²) in [5, 5.41) is 10.4. The number of hydrogen-bond acceptors (Lipinski definition) is 6. The van der Waals surface area contributed by atoms with Gasteiger partial charge < -0.3 is 25.0 Å². The van der Waals surface area contributed by atoms with Gasteiger partial charge in [0, 0.05) is 58.1 Å². The third-order valence-corrected chi connectivity index (χ3v) is 4.88. The van der Waals surface area contributed by atoms with Crippen LogP contribution in [-0.4, -0.2) is 85.6 Å². The molecule has 0 unspecified atom stereocenters. The number of benzene rings is 1. The zero-order valence-corrected chi connectivity index (χ0v) is 20.7. The Labute approximate surface area is 200 Å². The van der Waals surface area contributed by atoms with Gasteiger partial charge in [-0.3, -0.25) is 14.7 Å². The predicted octanol–water partition coefficient (Wildman–Crippen LogP) is 1.69. The van der Waals surface area contributed by atoms with E-state index >= 15 is 0 Å². The monoisotopic (exact) mass is 541 g/mol. The number of hydrogen-bond donors (Lipinski definition) is 2. The number of amides is 1. The molecule has 0 bridgehead atoms. The van der Waals surface area contributed by atoms with Gasteiger partial charge in [0.25, 0.3) is 0 Å². The number of anilines is 1. The highest BCUT2D eigenvalue weighted by Crippen LogP contribution is 2.11. The molecule has 1 aliphatic rings. The second kappa shape index (κ2) is 12.6. The summed E-state index contributed by atoms with van der Waals surface area (Å²) in [7, 11) is 5.56. The van der Waals surface area contributed by atoms with Crippen molar-refractivity contribution in [3.63, 3.8) is 0 Å². The second-order valence-electron chi connectivity index (χ2n) is 7.64. The minimum atomic E-state index is -0.0237. The van der Waals surface area contributed by atoms with Crippen molar-refractivity contribution in [2.75, 3.05) is 59.2 Å². The van der Waals surface area contributed by atoms with Gasteiger partial charge in [-0.25, -0.2) is 0 Å². The van der Waals surface area contributed by atoms with Crippen LogP contribution < -0.4 is 10.6 Å². The van der Waals surface area contributed by atoms with Crippen LogP contribution in [0, 0.1) is 0 Å². The molecule has 1 aromatic carbocycles. The number of halogens is 1. The first-order valence-electron chi connectivity index (χ1n) is 10.1. The Bertz CT molecular complexity index is 834. The van der Waals surface area contributed by atoms with E-state index in [-0.39, 0.29) is 29.9 Å². The molecule has 0 spiro atoms. The predicted molar refractivity (Wildman–Crippen MR) is 133 cm³/mol. The number of aliphatic imine (C=N–C) groups is 1. The fourth-order valence-corrected chi connectivity index (χ4v) is 3.43. The van der Waals surface area contributed by atoms with E-state index in [0.717, 1.165) is 55.6 Å². The Kier molecular flexibility index (Phi) is 10.2. The molecular formula is C21H32IN7O2. The van der Waals surface area contributed by atoms with Gasteiger partial charge in [-0.15, -0.1) is 24.0 Å². The highest BCUT2D eigenvalue weighted by molar-refractivity contribution is 14.0. The Morgan fingerprint density at radius 2 is 2.00 bits per heavy atom. The molecule has 1 aromatic heterocycles. The highest BCUT2D eigenvalue weighted by Gasteiger charge is 2.20. The fraction of sp³-hybridized carbons (Fsp3) is 0.476. The van der Waals surface area contributed by atoms with Gasteiger partial charge in [0.15, 0.2) is 5.96 Å². The highest BCUT2D eigenvalue weighted by atomic mass is 127. The lowest BCUT2D eigenvalue weighted by molar-refractivity contribution is -0.116. The van der Waals surface area contributed by atoms with Crippen molar-refractivity contribution in [2.24, 2.45) is 4.99 Å². The summed E-state index contributed by atoms with van der Waals surface area (Å²) in [5.74, 6) is 0.863. The van der Waals surface area contributed by atoms with E-state index < -0.39 is 0 Å². The molecule has 2 heterocycles. The number of carbonyl (C=O) groups excluding carboxylic acids is 1. The normalized spacial score (nSPS) is 15.0. The van der Waals surface area contributed by atoms with Crippen LogP contribution in [0.5, 0.6) is 0 Å². The quantitative estimate of drug-likeness (QED) is 0.314. The van der Waals surface area contributed by atoms with E-state index in [0.29, 0.717) is 13.1 Å². The maximum absolute atomic E-state index is 12.0. The van der Waals surface area contributed by atoms with Gasteiger partial charge in [-0.1, -0.05) is 17.3 Å². The van der Waals surface area contributed by atoms with E-state index in [1.807, 2.05) is 56.4 Å². The Morgan fingerprint density at radius 3 is 2.65 bits per heavy atom. The summed E-state index contributed by atoms with van der Waals surface area (Å²) >= 11 is 0. The van der Waals surface area contributed by atoms with Gasteiger partial charge >= 0.3 is 0 Å². The van der Waals surface area contributed by atoms with Crippen LogP contribution >= 0.6 is 24.0 Å². The first-order valence-corrected chi connectivity index (χ1v) is 10.1. The van der Waals surface area contributed by atoms with E-state index in [4.69, 9.17) is 4.52 Å². The number of carbonyl (C=O) groups is 1. The van der Waals surface area contributed by atoms with Gasteiger partial charge in [-0.05, 0) is 31.8 Å². The van der Waals surface area contributed by atoms with Crippen molar-refractivity contribution >= 4 is 41.5 Å². The molecule has 31 heavy (non-hydrogen) atoms. The molecule has 3 rings (SSSR count). The van der Waals surface area contributed by atoms with Gasteiger partial charge in [0.05, 0.1) is 12.2 Å². The summed E-state index contributed by atoms with van der Waals surface area (Å²) in [6.07, 6.45) is 1.61. The van der Waals surface area contributed by atoms with Crippen LogP contribution in [-0.2, 0) is 17.9 Å². The Morgan fingerprint density at radius 1 is 1.23 bits per heavy atom. The largest absolute Gasteiger partial charge is 0.364 e. The van der Waals surface area contributed by atoms with Crippen LogP contribution in [0.4, 0.5) is 5.69 Å². The standard InChI is InChI=1S/C21H31N7O2.HI/c1-22-21(28-10-8-27(9-11-28)15-19-7-12-30-25-19)23-14-17-5-4-6-18(13-17)24-20(29)16-26(2)3;/h4-7,12-13H,8-11,14-16H2,1-3H3,(H,22,23)(H,24,29);1H. The fourth-order valence-electron chi connectivity index (χ4n) is 3.43. The maximum Gasteiger partial charge on any atom is 0.238 e. The molecule has 170 valence electrons. The summed E-state index contributed by atoms with van der Waals surface area (Å²) in [5.41, 5.74) is 2.85. The summed E-state index contributed by atoms with van der Waals surface area (Å²) in [6, 6.07) is 9.79. The molecule has 9 nitrogen and oxygen atoms in total. The number of piperazine rings is 1. The van der Waals surface area contributed by atoms with Crippen LogP contribution in [0.3, 0.4) is 0 Å². The molecule has 0 atom stereocenters. The summed E-state index contributed by atoms with van der Waals surface area (Å²) in [6.45, 7) is 5.50. The molecule has 0 aliphatic carbocycles. The van der Waals surface area contributed by atoms with E-state index in [1.165, 1.54) is 0 Å². The van der Waals surface area contributed by atoms with Gasteiger partial charge in [0.1, 0.15) is 6.26 Å². The lowest BCUT2D eigenvalue weighted by atomic mass is 10.2. The molecule has 2 aromatic rings. The van der Waals surface area contributed by atoms with Gasteiger partial charge in [-0.2, -0.15) is 0 Å². The van der Waals surface area contributed by atoms with Crippen LogP contribution in [0.15, 0.2) is 46.1 Å². The summed E-state index contributed by atoms with van der Waals surface area (Å²) < 4.78 is 4.91. The molecular weight excluding hydrogens is 509 g/mol. The van der Waals surface area contributed by atoms with Crippen molar-refractivity contribution in [3.05, 3.63) is 47.9 Å². The van der Waals surface area contributed by atoms with Crippen molar-refractivity contribution in [3.8, 4) is 0 Å². The third-order valence-electron chi connectivity index (χ3n) is 4.88. The molecule has 10 heteroatoms. The smallest absolute Gasteiger partial charge is 0.238 e. The van der Waals surface area contributed by atoms with E-state index in [2.05, 4.69) is 30.6 Å². The second-order valence-corrected chi connectivity index (χ2v) is 7.64. The zero-order chi connectivity index (χ0) is 21.3. The van der Waals surface area contributed by atoms with Crippen LogP contribution in [0.1, 0.15) is 11.3 Å². The molecule has 1 saturated heterocycles. The molecule has 0 radical (unpaired) electrons. The van der Waals surface area contributed by atoms with Crippen molar-refractivity contribution < 1.29 is 9.32 Å². The minimum Gasteiger partial charge on any atom is -0.364 e. The number of guanidine groups is 1. The molecule has 1 amide bonds. The third kappa shape index (κ3) is 8.11. The maximum atomic E-state index is 12.0. The Hall–Kier alpha value is -2.18. The topological polar surface area (TPSA) is 89.2 Å². The SMILES string of the molecule is CN=C(NCc1cccc(NC(=O)CN(C)C)c1)N1CCN(Cc2ccon2)CC1.I. The zero-order valence-electron chi connectivity index (χ0n) is 18.4. The first-order chi connectivity index (χ1) is 14.5. The van der Waals surface area contributed by atoms with Crippen LogP contribution in [0.2, 0.25) is 0 Å². The summed E-state index contributed by atoms with van der Waals surface area (Å²) in [4.78, 5) is 22.9. The number of rotatable bonds is 7.